The number of ether oxygens (including phenoxy) is 2. The zero-order valence-corrected chi connectivity index (χ0v) is 15.8. The highest BCUT2D eigenvalue weighted by molar-refractivity contribution is 5.93. The highest BCUT2D eigenvalue weighted by Crippen LogP contribution is 2.30. The number of carbonyl (C=O) groups excluding carboxylic acids is 2. The van der Waals surface area contributed by atoms with E-state index in [1.165, 1.54) is 18.2 Å². The smallest absolute Gasteiger partial charge is 0.338 e. The Morgan fingerprint density at radius 2 is 1.96 bits per heavy atom. The summed E-state index contributed by atoms with van der Waals surface area (Å²) in [6, 6.07) is 4.13. The van der Waals surface area contributed by atoms with E-state index in [0.717, 1.165) is 0 Å². The van der Waals surface area contributed by atoms with Gasteiger partial charge in [-0.05, 0) is 25.0 Å². The number of nitro benzene ring substituents is 1. The first-order valence-electron chi connectivity index (χ1n) is 8.87. The van der Waals surface area contributed by atoms with Crippen molar-refractivity contribution in [2.24, 2.45) is 5.92 Å². The summed E-state index contributed by atoms with van der Waals surface area (Å²) >= 11 is 0. The quantitative estimate of drug-likeness (QED) is 0.436. The Hall–Kier alpha value is -2.68. The molecule has 1 heterocycles. The highest BCUT2D eigenvalue weighted by Gasteiger charge is 2.24. The van der Waals surface area contributed by atoms with E-state index in [1.807, 2.05) is 25.7 Å². The number of nitrogens with zero attached hydrogens (tertiary/aromatic N) is 2. The summed E-state index contributed by atoms with van der Waals surface area (Å²) in [5, 5.41) is 14.1. The summed E-state index contributed by atoms with van der Waals surface area (Å²) in [7, 11) is 0. The predicted octanol–water partition coefficient (Wildman–Crippen LogP) is 1.75. The van der Waals surface area contributed by atoms with Crippen molar-refractivity contribution in [3.63, 3.8) is 0 Å². The molecule has 9 heteroatoms. The van der Waals surface area contributed by atoms with Crippen LogP contribution in [-0.2, 0) is 14.3 Å². The van der Waals surface area contributed by atoms with Crippen molar-refractivity contribution in [1.82, 2.24) is 5.32 Å². The molecule has 2 rings (SSSR count). The van der Waals surface area contributed by atoms with E-state index in [9.17, 15) is 19.7 Å². The summed E-state index contributed by atoms with van der Waals surface area (Å²) in [5.41, 5.74) is 0.288. The molecule has 9 nitrogen and oxygen atoms in total. The average Bonchev–Trinajstić information content (AvgIpc) is 2.66. The number of esters is 1. The molecular formula is C18H25N3O6. The Bertz CT molecular complexity index is 700. The summed E-state index contributed by atoms with van der Waals surface area (Å²) < 4.78 is 10.2. The number of amides is 1. The molecule has 0 aliphatic carbocycles. The molecule has 0 spiro atoms. The fraction of sp³-hybridized carbons (Fsp3) is 0.556. The van der Waals surface area contributed by atoms with E-state index in [0.29, 0.717) is 32.0 Å². The van der Waals surface area contributed by atoms with E-state index >= 15 is 0 Å². The predicted molar refractivity (Wildman–Crippen MR) is 98.9 cm³/mol. The highest BCUT2D eigenvalue weighted by atomic mass is 16.6. The maximum Gasteiger partial charge on any atom is 0.338 e. The molecule has 1 N–H and O–H groups in total. The first-order valence-corrected chi connectivity index (χ1v) is 8.87. The van der Waals surface area contributed by atoms with Crippen LogP contribution in [0.25, 0.3) is 0 Å². The van der Waals surface area contributed by atoms with Crippen LogP contribution in [0.1, 0.15) is 31.1 Å². The molecular weight excluding hydrogens is 354 g/mol. The third kappa shape index (κ3) is 5.65. The molecule has 148 valence electrons. The Kier molecular flexibility index (Phi) is 7.12. The largest absolute Gasteiger partial charge is 0.452 e. The van der Waals surface area contributed by atoms with E-state index in [4.69, 9.17) is 9.47 Å². The summed E-state index contributed by atoms with van der Waals surface area (Å²) in [6.45, 7) is 7.42. The number of rotatable bonds is 7. The number of morpholine rings is 1. The molecule has 1 fully saturated rings. The molecule has 1 aliphatic rings. The normalized spacial score (nSPS) is 15.3. The summed E-state index contributed by atoms with van der Waals surface area (Å²) in [6.07, 6.45) is 0. The lowest BCUT2D eigenvalue weighted by atomic mass is 10.1. The van der Waals surface area contributed by atoms with Crippen molar-refractivity contribution < 1.29 is 24.0 Å². The Labute approximate surface area is 157 Å². The molecule has 1 amide bonds. The number of hydrogen-bond acceptors (Lipinski definition) is 7. The van der Waals surface area contributed by atoms with Gasteiger partial charge in [0.2, 0.25) is 0 Å². The molecule has 1 saturated heterocycles. The van der Waals surface area contributed by atoms with Crippen molar-refractivity contribution in [3.8, 4) is 0 Å². The van der Waals surface area contributed by atoms with Gasteiger partial charge in [0.1, 0.15) is 5.69 Å². The first-order chi connectivity index (χ1) is 12.8. The SMILES string of the molecule is CC(C)[C@H](C)NC(=O)COC(=O)c1ccc(N2CCOCC2)c([N+](=O)[O-])c1. The Balaban J connectivity index is 2.05. The van der Waals surface area contributed by atoms with Crippen LogP contribution in [0, 0.1) is 16.0 Å². The minimum Gasteiger partial charge on any atom is -0.452 e. The molecule has 0 aromatic heterocycles. The lowest BCUT2D eigenvalue weighted by Crippen LogP contribution is -2.38. The number of hydrogen-bond donors (Lipinski definition) is 1. The standard InChI is InChI=1S/C18H25N3O6/c1-12(2)13(3)19-17(22)11-27-18(23)14-4-5-15(16(10-14)21(24)25)20-6-8-26-9-7-20/h4-5,10,12-13H,6-9,11H2,1-3H3,(H,19,22)/t13-/m0/s1. The van der Waals surface area contributed by atoms with E-state index in [1.54, 1.807) is 0 Å². The van der Waals surface area contributed by atoms with Crippen molar-refractivity contribution in [1.29, 1.82) is 0 Å². The van der Waals surface area contributed by atoms with Gasteiger partial charge in [0.05, 0.1) is 23.7 Å². The van der Waals surface area contributed by atoms with Gasteiger partial charge in [-0.1, -0.05) is 13.8 Å². The maximum absolute atomic E-state index is 12.2. The molecule has 1 aromatic rings. The minimum absolute atomic E-state index is 0.0309. The van der Waals surface area contributed by atoms with Crippen LogP contribution < -0.4 is 10.2 Å². The van der Waals surface area contributed by atoms with Gasteiger partial charge in [-0.3, -0.25) is 14.9 Å². The molecule has 1 aliphatic heterocycles. The summed E-state index contributed by atoms with van der Waals surface area (Å²) in [5.74, 6) is -0.942. The van der Waals surface area contributed by atoms with Gasteiger partial charge in [-0.15, -0.1) is 0 Å². The maximum atomic E-state index is 12.2. The second kappa shape index (κ2) is 9.31. The number of nitrogens with one attached hydrogen (secondary N) is 1. The van der Waals surface area contributed by atoms with Gasteiger partial charge >= 0.3 is 5.97 Å². The van der Waals surface area contributed by atoms with Gasteiger partial charge in [0, 0.05) is 25.2 Å². The summed E-state index contributed by atoms with van der Waals surface area (Å²) in [4.78, 5) is 36.7. The number of anilines is 1. The van der Waals surface area contributed by atoms with Gasteiger partial charge in [0.15, 0.2) is 6.61 Å². The van der Waals surface area contributed by atoms with Crippen LogP contribution in [0.2, 0.25) is 0 Å². The molecule has 0 bridgehead atoms. The van der Waals surface area contributed by atoms with Gasteiger partial charge in [-0.25, -0.2) is 4.79 Å². The fourth-order valence-electron chi connectivity index (χ4n) is 2.54. The van der Waals surface area contributed by atoms with Crippen LogP contribution in [0.5, 0.6) is 0 Å². The van der Waals surface area contributed by atoms with Crippen LogP contribution in [0.3, 0.4) is 0 Å². The second-order valence-corrected chi connectivity index (χ2v) is 6.74. The minimum atomic E-state index is -0.779. The average molecular weight is 379 g/mol. The van der Waals surface area contributed by atoms with E-state index in [2.05, 4.69) is 5.32 Å². The van der Waals surface area contributed by atoms with E-state index < -0.39 is 23.4 Å². The number of carbonyl (C=O) groups is 2. The van der Waals surface area contributed by atoms with Gasteiger partial charge < -0.3 is 19.7 Å². The molecule has 0 radical (unpaired) electrons. The zero-order chi connectivity index (χ0) is 20.0. The van der Waals surface area contributed by atoms with Crippen molar-refractivity contribution in [3.05, 3.63) is 33.9 Å². The lowest BCUT2D eigenvalue weighted by molar-refractivity contribution is -0.384. The Morgan fingerprint density at radius 3 is 2.56 bits per heavy atom. The van der Waals surface area contributed by atoms with Crippen molar-refractivity contribution >= 4 is 23.3 Å². The lowest BCUT2D eigenvalue weighted by Gasteiger charge is -2.28. The molecule has 1 aromatic carbocycles. The van der Waals surface area contributed by atoms with Crippen molar-refractivity contribution in [2.75, 3.05) is 37.8 Å². The third-order valence-electron chi connectivity index (χ3n) is 4.48. The van der Waals surface area contributed by atoms with E-state index in [-0.39, 0.29) is 23.2 Å². The molecule has 27 heavy (non-hydrogen) atoms. The van der Waals surface area contributed by atoms with Crippen LogP contribution >= 0.6 is 0 Å². The number of nitro groups is 1. The fourth-order valence-corrected chi connectivity index (χ4v) is 2.54. The van der Waals surface area contributed by atoms with Crippen LogP contribution in [0.4, 0.5) is 11.4 Å². The zero-order valence-electron chi connectivity index (χ0n) is 15.8. The third-order valence-corrected chi connectivity index (χ3v) is 4.48. The monoisotopic (exact) mass is 379 g/mol. The van der Waals surface area contributed by atoms with Crippen LogP contribution in [-0.4, -0.2) is 55.8 Å². The topological polar surface area (TPSA) is 111 Å². The van der Waals surface area contributed by atoms with Crippen molar-refractivity contribution in [2.45, 2.75) is 26.8 Å². The van der Waals surface area contributed by atoms with Crippen LogP contribution in [0.15, 0.2) is 18.2 Å². The van der Waals surface area contributed by atoms with Gasteiger partial charge in [0.25, 0.3) is 11.6 Å². The second-order valence-electron chi connectivity index (χ2n) is 6.74. The van der Waals surface area contributed by atoms with Gasteiger partial charge in [-0.2, -0.15) is 0 Å². The molecule has 1 atom stereocenters. The molecule has 0 saturated carbocycles. The number of benzene rings is 1. The molecule has 0 unspecified atom stereocenters. The Morgan fingerprint density at radius 1 is 1.30 bits per heavy atom. The first kappa shape index (κ1) is 20.6.